The molecule has 0 spiro atoms. The van der Waals surface area contributed by atoms with E-state index < -0.39 is 0 Å². The molecule has 0 amide bonds. The minimum atomic E-state index is 0. The minimum absolute atomic E-state index is 0. The van der Waals surface area contributed by atoms with Crippen molar-refractivity contribution in [1.29, 1.82) is 0 Å². The lowest BCUT2D eigenvalue weighted by atomic mass is 10.1. The highest BCUT2D eigenvalue weighted by molar-refractivity contribution is 5.85. The normalized spacial score (nSPS) is 8.00. The maximum atomic E-state index is 10.1. The van der Waals surface area contributed by atoms with E-state index in [2.05, 4.69) is 0 Å². The average molecular weight is 123 g/mol. The second-order valence-electron chi connectivity index (χ2n) is 1.77. The number of ketones is 1. The first-order valence-corrected chi connectivity index (χ1v) is 2.15. The summed E-state index contributed by atoms with van der Waals surface area (Å²) in [6.07, 6.45) is 0. The molecule has 7 heavy (non-hydrogen) atoms. The van der Waals surface area contributed by atoms with E-state index in [0.717, 1.165) is 0 Å². The monoisotopic (exact) mass is 122 g/mol. The van der Waals surface area contributed by atoms with E-state index in [-0.39, 0.29) is 24.1 Å². The summed E-state index contributed by atoms with van der Waals surface area (Å²) in [5, 5.41) is 0. The van der Waals surface area contributed by atoms with Crippen LogP contribution in [0.5, 0.6) is 0 Å². The number of Topliss-reactive ketones (excluding diaryl/α,β-unsaturated/α-hetero) is 1. The van der Waals surface area contributed by atoms with E-state index in [0.29, 0.717) is 0 Å². The van der Waals surface area contributed by atoms with Crippen LogP contribution in [0.1, 0.15) is 20.8 Å². The lowest BCUT2D eigenvalue weighted by molar-refractivity contribution is -0.119. The Morgan fingerprint density at radius 2 is 1.57 bits per heavy atom. The molecule has 0 atom stereocenters. The summed E-state index contributed by atoms with van der Waals surface area (Å²) in [6, 6.07) is 0. The van der Waals surface area contributed by atoms with Gasteiger partial charge >= 0.3 is 0 Å². The summed E-state index contributed by atoms with van der Waals surface area (Å²) < 4.78 is 0. The van der Waals surface area contributed by atoms with Gasteiger partial charge in [-0.1, -0.05) is 13.8 Å². The van der Waals surface area contributed by atoms with Crippen molar-refractivity contribution in [2.24, 2.45) is 5.92 Å². The molecule has 2 heteroatoms. The van der Waals surface area contributed by atoms with Gasteiger partial charge in [-0.3, -0.25) is 4.79 Å². The van der Waals surface area contributed by atoms with E-state index in [4.69, 9.17) is 0 Å². The highest BCUT2D eigenvalue weighted by Crippen LogP contribution is 1.89. The Morgan fingerprint density at radius 1 is 1.43 bits per heavy atom. The molecule has 0 unspecified atom stereocenters. The first-order chi connectivity index (χ1) is 2.64. The van der Waals surface area contributed by atoms with Gasteiger partial charge in [0.05, 0.1) is 0 Å². The van der Waals surface area contributed by atoms with Crippen molar-refractivity contribution in [3.63, 3.8) is 0 Å². The molecule has 0 heterocycles. The Bertz CT molecular complexity index is 59.1. The van der Waals surface area contributed by atoms with Gasteiger partial charge in [-0.2, -0.15) is 0 Å². The molecule has 0 aromatic rings. The summed E-state index contributed by atoms with van der Waals surface area (Å²) in [6.45, 7) is 5.38. The second-order valence-corrected chi connectivity index (χ2v) is 1.77. The Kier molecular flexibility index (Phi) is 5.93. The molecule has 0 rings (SSSR count). The van der Waals surface area contributed by atoms with E-state index in [1.807, 2.05) is 13.8 Å². The van der Waals surface area contributed by atoms with Gasteiger partial charge in [0.2, 0.25) is 0 Å². The molecule has 0 aromatic heterocycles. The predicted molar refractivity (Wildman–Crippen MR) is 32.8 cm³/mol. The van der Waals surface area contributed by atoms with Gasteiger partial charge in [0.15, 0.2) is 0 Å². The van der Waals surface area contributed by atoms with Crippen LogP contribution in [0.3, 0.4) is 0 Å². The van der Waals surface area contributed by atoms with Crippen LogP contribution in [0.4, 0.5) is 0 Å². The predicted octanol–water partition coefficient (Wildman–Crippen LogP) is 1.65. The summed E-state index contributed by atoms with van der Waals surface area (Å²) in [5.74, 6) is 0.472. The molecule has 0 aromatic carbocycles. The molecule has 0 aliphatic carbocycles. The van der Waals surface area contributed by atoms with Gasteiger partial charge < -0.3 is 0 Å². The molecule has 0 bridgehead atoms. The van der Waals surface area contributed by atoms with Crippen molar-refractivity contribution >= 4 is 18.2 Å². The zero-order chi connectivity index (χ0) is 5.15. The molecule has 0 saturated carbocycles. The fraction of sp³-hybridized carbons (Fsp3) is 0.800. The quantitative estimate of drug-likeness (QED) is 0.517. The minimum Gasteiger partial charge on any atom is -0.300 e. The maximum Gasteiger partial charge on any atom is 0.132 e. The molecule has 0 fully saturated rings. The molecule has 1 nitrogen and oxygen atoms in total. The molecule has 0 aliphatic rings. The zero-order valence-corrected chi connectivity index (χ0v) is 5.71. The van der Waals surface area contributed by atoms with Crippen molar-refractivity contribution in [3.8, 4) is 0 Å². The van der Waals surface area contributed by atoms with Crippen LogP contribution < -0.4 is 0 Å². The largest absolute Gasteiger partial charge is 0.300 e. The summed E-state index contributed by atoms with van der Waals surface area (Å²) >= 11 is 0. The lowest BCUT2D eigenvalue weighted by Gasteiger charge is -1.90. The van der Waals surface area contributed by atoms with Gasteiger partial charge in [0.25, 0.3) is 0 Å². The first kappa shape index (κ1) is 10.0. The Balaban J connectivity index is 0. The molecule has 0 radical (unpaired) electrons. The SMILES string of the molecule is CC(=O)C(C)C.Cl. The van der Waals surface area contributed by atoms with E-state index in [1.165, 1.54) is 0 Å². The summed E-state index contributed by atoms with van der Waals surface area (Å²) in [7, 11) is 0. The molecule has 0 N–H and O–H groups in total. The van der Waals surface area contributed by atoms with Crippen LogP contribution in [0.15, 0.2) is 0 Å². The highest BCUT2D eigenvalue weighted by Gasteiger charge is 1.94. The second kappa shape index (κ2) is 4.13. The van der Waals surface area contributed by atoms with Crippen molar-refractivity contribution in [2.75, 3.05) is 0 Å². The third kappa shape index (κ3) is 5.96. The molecular formula is C5H11ClO. The van der Waals surface area contributed by atoms with Crippen molar-refractivity contribution in [2.45, 2.75) is 20.8 Å². The van der Waals surface area contributed by atoms with Crippen LogP contribution in [0, 0.1) is 5.92 Å². The van der Waals surface area contributed by atoms with Crippen LogP contribution >= 0.6 is 12.4 Å². The number of carbonyl (C=O) groups excluding carboxylic acids is 1. The number of hydrogen-bond acceptors (Lipinski definition) is 1. The fourth-order valence-corrected chi connectivity index (χ4v) is 0. The smallest absolute Gasteiger partial charge is 0.132 e. The number of carbonyl (C=O) groups is 1. The van der Waals surface area contributed by atoms with E-state index >= 15 is 0 Å². The first-order valence-electron chi connectivity index (χ1n) is 2.15. The van der Waals surface area contributed by atoms with Crippen LogP contribution in [-0.4, -0.2) is 5.78 Å². The van der Waals surface area contributed by atoms with Gasteiger partial charge in [-0.15, -0.1) is 12.4 Å². The Hall–Kier alpha value is -0.0400. The number of hydrogen-bond donors (Lipinski definition) is 0. The van der Waals surface area contributed by atoms with Gasteiger partial charge in [-0.05, 0) is 6.92 Å². The molecule has 0 saturated heterocycles. The Morgan fingerprint density at radius 3 is 1.57 bits per heavy atom. The summed E-state index contributed by atoms with van der Waals surface area (Å²) in [5.41, 5.74) is 0. The fourth-order valence-electron chi connectivity index (χ4n) is 0. The topological polar surface area (TPSA) is 17.1 Å². The number of rotatable bonds is 1. The van der Waals surface area contributed by atoms with Crippen LogP contribution in [0.2, 0.25) is 0 Å². The summed E-state index contributed by atoms with van der Waals surface area (Å²) in [4.78, 5) is 10.1. The van der Waals surface area contributed by atoms with Crippen LogP contribution in [-0.2, 0) is 4.79 Å². The van der Waals surface area contributed by atoms with Crippen LogP contribution in [0.25, 0.3) is 0 Å². The Labute approximate surface area is 50.5 Å². The highest BCUT2D eigenvalue weighted by atomic mass is 35.5. The van der Waals surface area contributed by atoms with E-state index in [9.17, 15) is 4.79 Å². The average Bonchev–Trinajstić information content (AvgIpc) is 1.36. The third-order valence-electron chi connectivity index (χ3n) is 0.813. The van der Waals surface area contributed by atoms with Gasteiger partial charge in [0.1, 0.15) is 5.78 Å². The maximum absolute atomic E-state index is 10.1. The third-order valence-corrected chi connectivity index (χ3v) is 0.813. The van der Waals surface area contributed by atoms with Gasteiger partial charge in [0, 0.05) is 5.92 Å². The molecule has 0 aliphatic heterocycles. The standard InChI is InChI=1S/C5H10O.ClH/c1-4(2)5(3)6;/h4H,1-3H3;1H. The van der Waals surface area contributed by atoms with Crippen molar-refractivity contribution in [1.82, 2.24) is 0 Å². The van der Waals surface area contributed by atoms with Gasteiger partial charge in [-0.25, -0.2) is 0 Å². The molecule has 44 valence electrons. The molecular weight excluding hydrogens is 112 g/mol. The number of halogens is 1. The van der Waals surface area contributed by atoms with Crippen molar-refractivity contribution < 1.29 is 4.79 Å². The van der Waals surface area contributed by atoms with E-state index in [1.54, 1.807) is 6.92 Å². The van der Waals surface area contributed by atoms with Crippen molar-refractivity contribution in [3.05, 3.63) is 0 Å². The lowest BCUT2D eigenvalue weighted by Crippen LogP contribution is -1.98. The zero-order valence-electron chi connectivity index (χ0n) is 4.89.